The summed E-state index contributed by atoms with van der Waals surface area (Å²) in [5.74, 6) is 5.80. The number of ether oxygens (including phenoxy) is 1. The van der Waals surface area contributed by atoms with Gasteiger partial charge >= 0.3 is 0 Å². The maximum atomic E-state index is 10.00. The fourth-order valence-electron chi connectivity index (χ4n) is 0.903. The van der Waals surface area contributed by atoms with Crippen LogP contribution in [0.25, 0.3) is 0 Å². The molecule has 1 aromatic heterocycles. The van der Waals surface area contributed by atoms with Crippen LogP contribution in [0.4, 0.5) is 5.69 Å². The molecule has 14 heavy (non-hydrogen) atoms. The van der Waals surface area contributed by atoms with Crippen molar-refractivity contribution in [2.24, 2.45) is 0 Å². The molecule has 0 fully saturated rings. The standard InChI is InChI=1S/C10H10N2O2/c1-14-10-9(11)6-8(7-12-10)4-2-3-5-13/h5-7H,3,11H2,1H3. The molecule has 2 N–H and O–H groups in total. The van der Waals surface area contributed by atoms with Crippen LogP contribution in [0.3, 0.4) is 0 Å². The van der Waals surface area contributed by atoms with Crippen LogP contribution in [0.5, 0.6) is 5.88 Å². The summed E-state index contributed by atoms with van der Waals surface area (Å²) < 4.78 is 4.89. The number of hydrogen-bond acceptors (Lipinski definition) is 4. The number of hydrogen-bond donors (Lipinski definition) is 1. The lowest BCUT2D eigenvalue weighted by Gasteiger charge is -2.01. The molecule has 0 saturated heterocycles. The van der Waals surface area contributed by atoms with Gasteiger partial charge in [0.15, 0.2) is 0 Å². The van der Waals surface area contributed by atoms with E-state index in [1.54, 1.807) is 12.3 Å². The molecule has 0 saturated carbocycles. The number of pyridine rings is 1. The second-order valence-electron chi connectivity index (χ2n) is 2.50. The van der Waals surface area contributed by atoms with Crippen molar-refractivity contribution in [1.82, 2.24) is 4.98 Å². The molecule has 4 heteroatoms. The Balaban J connectivity index is 2.87. The normalized spacial score (nSPS) is 8.64. The molecule has 0 bridgehead atoms. The second-order valence-corrected chi connectivity index (χ2v) is 2.50. The first kappa shape index (κ1) is 10.1. The van der Waals surface area contributed by atoms with Crippen molar-refractivity contribution in [1.29, 1.82) is 0 Å². The van der Waals surface area contributed by atoms with Crippen LogP contribution >= 0.6 is 0 Å². The lowest BCUT2D eigenvalue weighted by molar-refractivity contribution is -0.107. The summed E-state index contributed by atoms with van der Waals surface area (Å²) in [5.41, 5.74) is 6.72. The highest BCUT2D eigenvalue weighted by Crippen LogP contribution is 2.17. The predicted molar refractivity (Wildman–Crippen MR) is 52.8 cm³/mol. The van der Waals surface area contributed by atoms with Crippen molar-refractivity contribution in [2.75, 3.05) is 12.8 Å². The van der Waals surface area contributed by atoms with Crippen LogP contribution in [0, 0.1) is 11.8 Å². The minimum absolute atomic E-state index is 0.214. The van der Waals surface area contributed by atoms with Crippen molar-refractivity contribution in [3.8, 4) is 17.7 Å². The van der Waals surface area contributed by atoms with E-state index in [4.69, 9.17) is 10.5 Å². The van der Waals surface area contributed by atoms with E-state index in [1.165, 1.54) is 7.11 Å². The van der Waals surface area contributed by atoms with Gasteiger partial charge in [0, 0.05) is 11.8 Å². The number of nitrogens with zero attached hydrogens (tertiary/aromatic N) is 1. The fraction of sp³-hybridized carbons (Fsp3) is 0.200. The molecule has 72 valence electrons. The maximum absolute atomic E-state index is 10.00. The molecular formula is C10H10N2O2. The fourth-order valence-corrected chi connectivity index (χ4v) is 0.903. The number of aldehydes is 1. The van der Waals surface area contributed by atoms with Crippen LogP contribution in [-0.4, -0.2) is 18.4 Å². The molecular weight excluding hydrogens is 180 g/mol. The van der Waals surface area contributed by atoms with Crippen LogP contribution in [0.2, 0.25) is 0 Å². The molecule has 1 aromatic rings. The Morgan fingerprint density at radius 2 is 2.50 bits per heavy atom. The van der Waals surface area contributed by atoms with Crippen LogP contribution in [0.15, 0.2) is 12.3 Å². The molecule has 0 unspecified atom stereocenters. The lowest BCUT2D eigenvalue weighted by atomic mass is 10.2. The van der Waals surface area contributed by atoms with Crippen molar-refractivity contribution in [3.63, 3.8) is 0 Å². The van der Waals surface area contributed by atoms with Gasteiger partial charge < -0.3 is 15.3 Å². The zero-order chi connectivity index (χ0) is 10.4. The van der Waals surface area contributed by atoms with Gasteiger partial charge in [0.05, 0.1) is 19.2 Å². The highest BCUT2D eigenvalue weighted by atomic mass is 16.5. The number of methoxy groups -OCH3 is 1. The second kappa shape index (κ2) is 4.87. The van der Waals surface area contributed by atoms with Gasteiger partial charge in [-0.2, -0.15) is 0 Å². The van der Waals surface area contributed by atoms with Crippen molar-refractivity contribution in [3.05, 3.63) is 17.8 Å². The third-order valence-electron chi connectivity index (χ3n) is 1.49. The van der Waals surface area contributed by atoms with Crippen molar-refractivity contribution >= 4 is 12.0 Å². The minimum Gasteiger partial charge on any atom is -0.480 e. The van der Waals surface area contributed by atoms with E-state index in [1.807, 2.05) is 0 Å². The van der Waals surface area contributed by atoms with Crippen LogP contribution in [0.1, 0.15) is 12.0 Å². The number of nitrogens with two attached hydrogens (primary N) is 1. The number of carbonyl (C=O) groups excluding carboxylic acids is 1. The Morgan fingerprint density at radius 3 is 3.07 bits per heavy atom. The molecule has 1 rings (SSSR count). The summed E-state index contributed by atoms with van der Waals surface area (Å²) in [6, 6.07) is 1.66. The van der Waals surface area contributed by atoms with Gasteiger partial charge in [-0.15, -0.1) is 0 Å². The van der Waals surface area contributed by atoms with Crippen LogP contribution < -0.4 is 10.5 Å². The van der Waals surface area contributed by atoms with Gasteiger partial charge in [0.2, 0.25) is 5.88 Å². The van der Waals surface area contributed by atoms with E-state index in [-0.39, 0.29) is 6.42 Å². The Labute approximate surface area is 82.1 Å². The average molecular weight is 190 g/mol. The monoisotopic (exact) mass is 190 g/mol. The highest BCUT2D eigenvalue weighted by Gasteiger charge is 1.99. The zero-order valence-corrected chi connectivity index (χ0v) is 7.78. The Kier molecular flexibility index (Phi) is 3.50. The number of anilines is 1. The molecule has 0 aliphatic heterocycles. The molecule has 0 aliphatic carbocycles. The van der Waals surface area contributed by atoms with Gasteiger partial charge in [-0.05, 0) is 6.07 Å². The number of aromatic nitrogens is 1. The van der Waals surface area contributed by atoms with Crippen LogP contribution in [-0.2, 0) is 4.79 Å². The average Bonchev–Trinajstić information content (AvgIpc) is 2.18. The maximum Gasteiger partial charge on any atom is 0.236 e. The number of nitrogen functional groups attached to an aromatic ring is 1. The van der Waals surface area contributed by atoms with E-state index in [2.05, 4.69) is 16.8 Å². The SMILES string of the molecule is COc1ncc(C#CCC=O)cc1N. The molecule has 0 spiro atoms. The molecule has 0 aromatic carbocycles. The molecule has 0 atom stereocenters. The van der Waals surface area contributed by atoms with Crippen molar-refractivity contribution < 1.29 is 9.53 Å². The topological polar surface area (TPSA) is 65.2 Å². The summed E-state index contributed by atoms with van der Waals surface area (Å²) in [4.78, 5) is 13.9. The first-order valence-electron chi connectivity index (χ1n) is 4.00. The summed E-state index contributed by atoms with van der Waals surface area (Å²) in [6.45, 7) is 0. The van der Waals surface area contributed by atoms with E-state index >= 15 is 0 Å². The highest BCUT2D eigenvalue weighted by molar-refractivity contribution is 5.56. The number of carbonyl (C=O) groups is 1. The zero-order valence-electron chi connectivity index (χ0n) is 7.78. The van der Waals surface area contributed by atoms with E-state index in [9.17, 15) is 4.79 Å². The summed E-state index contributed by atoms with van der Waals surface area (Å²) in [5, 5.41) is 0. The lowest BCUT2D eigenvalue weighted by Crippen LogP contribution is -1.95. The van der Waals surface area contributed by atoms with Gasteiger partial charge in [-0.25, -0.2) is 4.98 Å². The summed E-state index contributed by atoms with van der Waals surface area (Å²) in [6.07, 6.45) is 2.51. The van der Waals surface area contributed by atoms with Gasteiger partial charge in [-0.3, -0.25) is 0 Å². The molecule has 0 radical (unpaired) electrons. The molecule has 4 nitrogen and oxygen atoms in total. The van der Waals surface area contributed by atoms with E-state index in [0.717, 1.165) is 6.29 Å². The van der Waals surface area contributed by atoms with Gasteiger partial charge in [0.1, 0.15) is 6.29 Å². The third-order valence-corrected chi connectivity index (χ3v) is 1.49. The predicted octanol–water partition coefficient (Wildman–Crippen LogP) is 0.613. The van der Waals surface area contributed by atoms with Gasteiger partial charge in [-0.1, -0.05) is 11.8 Å². The smallest absolute Gasteiger partial charge is 0.236 e. The Bertz CT molecular complexity index is 391. The van der Waals surface area contributed by atoms with E-state index in [0.29, 0.717) is 17.1 Å². The van der Waals surface area contributed by atoms with E-state index < -0.39 is 0 Å². The molecule has 0 aliphatic rings. The largest absolute Gasteiger partial charge is 0.480 e. The van der Waals surface area contributed by atoms with Crippen molar-refractivity contribution in [2.45, 2.75) is 6.42 Å². The van der Waals surface area contributed by atoms with Gasteiger partial charge in [0.25, 0.3) is 0 Å². The molecule has 0 amide bonds. The first-order chi connectivity index (χ1) is 6.77. The quantitative estimate of drug-likeness (QED) is 0.548. The Morgan fingerprint density at radius 1 is 1.71 bits per heavy atom. The third kappa shape index (κ3) is 2.49. The number of rotatable bonds is 2. The molecule has 1 heterocycles. The minimum atomic E-state index is 0.214. The Hall–Kier alpha value is -2.02. The summed E-state index contributed by atoms with van der Waals surface area (Å²) in [7, 11) is 1.50. The first-order valence-corrected chi connectivity index (χ1v) is 4.00. The summed E-state index contributed by atoms with van der Waals surface area (Å²) >= 11 is 0.